The smallest absolute Gasteiger partial charge is 0.266 e. The Kier molecular flexibility index (Phi) is 5.96. The Morgan fingerprint density at radius 2 is 2.18 bits per heavy atom. The van der Waals surface area contributed by atoms with Gasteiger partial charge in [-0.15, -0.1) is 0 Å². The molecule has 1 unspecified atom stereocenters. The second-order valence-electron chi connectivity index (χ2n) is 7.18. The highest BCUT2D eigenvalue weighted by Crippen LogP contribution is 2.23. The molecule has 1 aliphatic heterocycles. The standard InChI is InChI=1S/C22H24FN3O2/c1-14-6-7-21(20(23)9-14)25-22(27)18(12-24)11-17-10-15(2)26(16(17)3)13-19-5-4-8-28-19/h6-7,9-11,19H,4-5,8,13H2,1-3H3,(H,25,27)/b18-11+. The Morgan fingerprint density at radius 3 is 2.82 bits per heavy atom. The summed E-state index contributed by atoms with van der Waals surface area (Å²) < 4.78 is 21.8. The van der Waals surface area contributed by atoms with Crippen molar-refractivity contribution in [2.75, 3.05) is 11.9 Å². The van der Waals surface area contributed by atoms with Crippen molar-refractivity contribution in [3.05, 3.63) is 58.2 Å². The molecular weight excluding hydrogens is 357 g/mol. The summed E-state index contributed by atoms with van der Waals surface area (Å²) in [7, 11) is 0. The molecule has 146 valence electrons. The minimum absolute atomic E-state index is 0.0561. The number of nitrogens with zero attached hydrogens (tertiary/aromatic N) is 2. The topological polar surface area (TPSA) is 67.0 Å². The van der Waals surface area contributed by atoms with Crippen LogP contribution in [-0.2, 0) is 16.1 Å². The van der Waals surface area contributed by atoms with E-state index in [1.807, 2.05) is 26.0 Å². The third kappa shape index (κ3) is 4.32. The summed E-state index contributed by atoms with van der Waals surface area (Å²) in [5.74, 6) is -1.16. The molecule has 0 spiro atoms. The number of aryl methyl sites for hydroxylation is 2. The number of aromatic nitrogens is 1. The van der Waals surface area contributed by atoms with Gasteiger partial charge in [0.25, 0.3) is 5.91 Å². The first-order chi connectivity index (χ1) is 13.4. The van der Waals surface area contributed by atoms with Crippen LogP contribution in [0.4, 0.5) is 10.1 Å². The number of halogens is 1. The fourth-order valence-electron chi connectivity index (χ4n) is 3.46. The van der Waals surface area contributed by atoms with Crippen molar-refractivity contribution in [3.8, 4) is 6.07 Å². The third-order valence-corrected chi connectivity index (χ3v) is 5.06. The SMILES string of the molecule is Cc1ccc(NC(=O)/C(C#N)=C/c2cc(C)n(CC3CCCO3)c2C)c(F)c1. The number of benzene rings is 1. The zero-order valence-corrected chi connectivity index (χ0v) is 16.4. The summed E-state index contributed by atoms with van der Waals surface area (Å²) in [6.45, 7) is 7.27. The van der Waals surface area contributed by atoms with Gasteiger partial charge >= 0.3 is 0 Å². The van der Waals surface area contributed by atoms with Crippen LogP contribution >= 0.6 is 0 Å². The maximum atomic E-state index is 14.0. The van der Waals surface area contributed by atoms with Crippen LogP contribution in [0.5, 0.6) is 0 Å². The number of anilines is 1. The van der Waals surface area contributed by atoms with Gasteiger partial charge in [0.15, 0.2) is 0 Å². The number of nitriles is 1. The van der Waals surface area contributed by atoms with Crippen molar-refractivity contribution in [2.24, 2.45) is 0 Å². The van der Waals surface area contributed by atoms with Crippen LogP contribution in [0.2, 0.25) is 0 Å². The summed E-state index contributed by atoms with van der Waals surface area (Å²) in [5.41, 5.74) is 3.55. The van der Waals surface area contributed by atoms with Gasteiger partial charge in [-0.2, -0.15) is 5.26 Å². The van der Waals surface area contributed by atoms with Gasteiger partial charge < -0.3 is 14.6 Å². The lowest BCUT2D eigenvalue weighted by atomic mass is 10.1. The average molecular weight is 381 g/mol. The van der Waals surface area contributed by atoms with E-state index in [-0.39, 0.29) is 17.4 Å². The van der Waals surface area contributed by atoms with Crippen molar-refractivity contribution in [2.45, 2.75) is 46.3 Å². The van der Waals surface area contributed by atoms with Gasteiger partial charge in [-0.25, -0.2) is 4.39 Å². The zero-order chi connectivity index (χ0) is 20.3. The summed E-state index contributed by atoms with van der Waals surface area (Å²) in [6, 6.07) is 8.40. The van der Waals surface area contributed by atoms with Crippen LogP contribution in [0.25, 0.3) is 6.08 Å². The first-order valence-electron chi connectivity index (χ1n) is 9.36. The Labute approximate surface area is 164 Å². The van der Waals surface area contributed by atoms with Gasteiger partial charge in [0.1, 0.15) is 17.5 Å². The molecule has 1 atom stereocenters. The molecule has 5 nitrogen and oxygen atoms in total. The van der Waals surface area contributed by atoms with Gasteiger partial charge in [-0.1, -0.05) is 6.07 Å². The Bertz CT molecular complexity index is 963. The number of hydrogen-bond donors (Lipinski definition) is 1. The number of hydrogen-bond acceptors (Lipinski definition) is 3. The molecule has 0 bridgehead atoms. The lowest BCUT2D eigenvalue weighted by Crippen LogP contribution is -2.17. The van der Waals surface area contributed by atoms with Crippen molar-refractivity contribution < 1.29 is 13.9 Å². The normalized spacial score (nSPS) is 16.8. The van der Waals surface area contributed by atoms with Gasteiger partial charge in [0.2, 0.25) is 0 Å². The fourth-order valence-corrected chi connectivity index (χ4v) is 3.46. The van der Waals surface area contributed by atoms with E-state index >= 15 is 0 Å². The highest BCUT2D eigenvalue weighted by Gasteiger charge is 2.19. The predicted octanol–water partition coefficient (Wildman–Crippen LogP) is 4.28. The molecule has 0 saturated carbocycles. The highest BCUT2D eigenvalue weighted by molar-refractivity contribution is 6.09. The van der Waals surface area contributed by atoms with Crippen LogP contribution in [0.15, 0.2) is 29.8 Å². The molecule has 1 amide bonds. The minimum atomic E-state index is -0.630. The lowest BCUT2D eigenvalue weighted by Gasteiger charge is -2.14. The van der Waals surface area contributed by atoms with E-state index in [0.29, 0.717) is 0 Å². The third-order valence-electron chi connectivity index (χ3n) is 5.06. The molecule has 2 aromatic rings. The maximum Gasteiger partial charge on any atom is 0.266 e. The lowest BCUT2D eigenvalue weighted by molar-refractivity contribution is -0.112. The monoisotopic (exact) mass is 381 g/mol. The average Bonchev–Trinajstić information content (AvgIpc) is 3.26. The second-order valence-corrected chi connectivity index (χ2v) is 7.18. The van der Waals surface area contributed by atoms with E-state index in [0.717, 1.165) is 48.5 Å². The van der Waals surface area contributed by atoms with E-state index < -0.39 is 11.7 Å². The summed E-state index contributed by atoms with van der Waals surface area (Å²) in [5, 5.41) is 11.9. The minimum Gasteiger partial charge on any atom is -0.376 e. The number of nitrogens with one attached hydrogen (secondary N) is 1. The molecule has 2 heterocycles. The molecule has 3 rings (SSSR count). The maximum absolute atomic E-state index is 14.0. The van der Waals surface area contributed by atoms with Crippen molar-refractivity contribution in [1.82, 2.24) is 4.57 Å². The fraction of sp³-hybridized carbons (Fsp3) is 0.364. The van der Waals surface area contributed by atoms with Gasteiger partial charge in [0, 0.05) is 24.5 Å². The Morgan fingerprint density at radius 1 is 1.39 bits per heavy atom. The molecule has 1 aliphatic rings. The molecule has 0 radical (unpaired) electrons. The van der Waals surface area contributed by atoms with Gasteiger partial charge in [0.05, 0.1) is 11.8 Å². The molecule has 6 heteroatoms. The number of amides is 1. The molecule has 0 aliphatic carbocycles. The van der Waals surface area contributed by atoms with Gasteiger partial charge in [-0.05, 0) is 69.0 Å². The molecule has 1 fully saturated rings. The van der Waals surface area contributed by atoms with Crippen LogP contribution < -0.4 is 5.32 Å². The summed E-state index contributed by atoms with van der Waals surface area (Å²) >= 11 is 0. The largest absolute Gasteiger partial charge is 0.376 e. The number of rotatable bonds is 5. The zero-order valence-electron chi connectivity index (χ0n) is 16.4. The van der Waals surface area contributed by atoms with Crippen molar-refractivity contribution in [3.63, 3.8) is 0 Å². The van der Waals surface area contributed by atoms with Crippen molar-refractivity contribution >= 4 is 17.7 Å². The Balaban J connectivity index is 1.82. The van der Waals surface area contributed by atoms with E-state index in [9.17, 15) is 14.4 Å². The van der Waals surface area contributed by atoms with Crippen LogP contribution in [0, 0.1) is 37.9 Å². The highest BCUT2D eigenvalue weighted by atomic mass is 19.1. The van der Waals surface area contributed by atoms with E-state index in [1.54, 1.807) is 19.1 Å². The molecular formula is C22H24FN3O2. The van der Waals surface area contributed by atoms with Crippen LogP contribution in [0.3, 0.4) is 0 Å². The predicted molar refractivity (Wildman–Crippen MR) is 106 cm³/mol. The van der Waals surface area contributed by atoms with E-state index in [2.05, 4.69) is 9.88 Å². The van der Waals surface area contributed by atoms with E-state index in [1.165, 1.54) is 12.1 Å². The molecule has 1 aromatic carbocycles. The van der Waals surface area contributed by atoms with E-state index in [4.69, 9.17) is 4.74 Å². The molecule has 1 N–H and O–H groups in total. The summed E-state index contributed by atoms with van der Waals surface area (Å²) in [6.07, 6.45) is 3.86. The molecule has 1 aromatic heterocycles. The second kappa shape index (κ2) is 8.41. The van der Waals surface area contributed by atoms with Crippen LogP contribution in [-0.4, -0.2) is 23.2 Å². The summed E-state index contributed by atoms with van der Waals surface area (Å²) in [4.78, 5) is 12.5. The first-order valence-corrected chi connectivity index (χ1v) is 9.36. The Hall–Kier alpha value is -2.91. The quantitative estimate of drug-likeness (QED) is 0.621. The number of carbonyl (C=O) groups excluding carboxylic acids is 1. The van der Waals surface area contributed by atoms with Gasteiger partial charge in [-0.3, -0.25) is 4.79 Å². The number of ether oxygens (including phenoxy) is 1. The van der Waals surface area contributed by atoms with Crippen LogP contribution in [0.1, 0.15) is 35.4 Å². The van der Waals surface area contributed by atoms with Crippen molar-refractivity contribution in [1.29, 1.82) is 5.26 Å². The first kappa shape index (κ1) is 19.8. The number of carbonyl (C=O) groups is 1. The molecule has 1 saturated heterocycles. The molecule has 28 heavy (non-hydrogen) atoms.